The summed E-state index contributed by atoms with van der Waals surface area (Å²) in [7, 11) is 0. The second-order valence-electron chi connectivity index (χ2n) is 5.42. The molecule has 0 saturated heterocycles. The summed E-state index contributed by atoms with van der Waals surface area (Å²) < 4.78 is 2.12. The largest absolute Gasteiger partial charge is 0.391 e. The van der Waals surface area contributed by atoms with E-state index in [0.717, 1.165) is 25.1 Å². The lowest BCUT2D eigenvalue weighted by molar-refractivity contribution is 0.0271. The van der Waals surface area contributed by atoms with Crippen LogP contribution in [0.25, 0.3) is 0 Å². The van der Waals surface area contributed by atoms with E-state index in [1.54, 1.807) is 0 Å². The molecule has 1 N–H and O–H groups in total. The van der Waals surface area contributed by atoms with Crippen LogP contribution in [-0.2, 0) is 0 Å². The molecule has 3 nitrogen and oxygen atoms in total. The van der Waals surface area contributed by atoms with E-state index >= 15 is 0 Å². The highest BCUT2D eigenvalue weighted by Gasteiger charge is 2.35. The van der Waals surface area contributed by atoms with E-state index in [0.29, 0.717) is 5.41 Å². The minimum absolute atomic E-state index is 0.205. The molecule has 0 spiro atoms. The van der Waals surface area contributed by atoms with Gasteiger partial charge in [-0.05, 0) is 31.6 Å². The van der Waals surface area contributed by atoms with Gasteiger partial charge in [0.25, 0.3) is 0 Å². The molecule has 1 heterocycles. The molecular formula is C12H20N2O. The van der Waals surface area contributed by atoms with Crippen LogP contribution in [0.2, 0.25) is 0 Å². The van der Waals surface area contributed by atoms with Crippen molar-refractivity contribution in [3.63, 3.8) is 0 Å². The molecule has 1 saturated carbocycles. The van der Waals surface area contributed by atoms with Gasteiger partial charge in [-0.1, -0.05) is 13.8 Å². The Hall–Kier alpha value is -0.830. The second-order valence-corrected chi connectivity index (χ2v) is 5.42. The topological polar surface area (TPSA) is 38.0 Å². The van der Waals surface area contributed by atoms with Crippen molar-refractivity contribution in [1.82, 2.24) is 9.55 Å². The minimum atomic E-state index is -0.217. The van der Waals surface area contributed by atoms with Crippen molar-refractivity contribution < 1.29 is 5.11 Å². The first kappa shape index (κ1) is 10.7. The Morgan fingerprint density at radius 2 is 2.27 bits per heavy atom. The van der Waals surface area contributed by atoms with Crippen molar-refractivity contribution in [1.29, 1.82) is 0 Å². The highest BCUT2D eigenvalue weighted by atomic mass is 16.3. The first-order valence-electron chi connectivity index (χ1n) is 5.67. The van der Waals surface area contributed by atoms with Crippen molar-refractivity contribution in [2.45, 2.75) is 52.2 Å². The summed E-state index contributed by atoms with van der Waals surface area (Å²) >= 11 is 0. The van der Waals surface area contributed by atoms with Gasteiger partial charge < -0.3 is 9.67 Å². The van der Waals surface area contributed by atoms with Gasteiger partial charge >= 0.3 is 0 Å². The van der Waals surface area contributed by atoms with Gasteiger partial charge in [0.15, 0.2) is 0 Å². The monoisotopic (exact) mass is 208 g/mol. The van der Waals surface area contributed by atoms with E-state index in [1.807, 2.05) is 19.3 Å². The standard InChI is InChI=1S/C12H20N2O/c1-9-13-6-7-14(9)10-8-12(2,3)5-4-11(10)15/h6-7,10-11,15H,4-5,8H2,1-3H3. The fraction of sp³-hybridized carbons (Fsp3) is 0.750. The first-order chi connectivity index (χ1) is 6.99. The molecule has 0 bridgehead atoms. The number of rotatable bonds is 1. The van der Waals surface area contributed by atoms with Crippen molar-refractivity contribution in [3.05, 3.63) is 18.2 Å². The fourth-order valence-electron chi connectivity index (χ4n) is 2.56. The summed E-state index contributed by atoms with van der Waals surface area (Å²) in [5.41, 5.74) is 0.334. The average molecular weight is 208 g/mol. The zero-order valence-corrected chi connectivity index (χ0v) is 9.77. The third kappa shape index (κ3) is 2.07. The summed E-state index contributed by atoms with van der Waals surface area (Å²) in [6.45, 7) is 6.55. The van der Waals surface area contributed by atoms with E-state index in [1.165, 1.54) is 0 Å². The number of aryl methyl sites for hydroxylation is 1. The normalized spacial score (nSPS) is 30.4. The number of aliphatic hydroxyl groups excluding tert-OH is 1. The SMILES string of the molecule is Cc1nccn1C1CC(C)(C)CCC1O. The molecule has 2 unspecified atom stereocenters. The number of imidazole rings is 1. The fourth-order valence-corrected chi connectivity index (χ4v) is 2.56. The predicted molar refractivity (Wildman–Crippen MR) is 59.6 cm³/mol. The van der Waals surface area contributed by atoms with Gasteiger partial charge in [-0.3, -0.25) is 0 Å². The molecule has 0 aliphatic heterocycles. The number of aliphatic hydroxyl groups is 1. The Morgan fingerprint density at radius 3 is 2.87 bits per heavy atom. The van der Waals surface area contributed by atoms with Crippen LogP contribution >= 0.6 is 0 Å². The van der Waals surface area contributed by atoms with Gasteiger partial charge in [-0.2, -0.15) is 0 Å². The van der Waals surface area contributed by atoms with Gasteiger partial charge in [-0.15, -0.1) is 0 Å². The zero-order chi connectivity index (χ0) is 11.1. The highest BCUT2D eigenvalue weighted by Crippen LogP contribution is 2.41. The summed E-state index contributed by atoms with van der Waals surface area (Å²) in [5.74, 6) is 0.997. The number of nitrogens with zero attached hydrogens (tertiary/aromatic N) is 2. The Labute approximate surface area is 91.1 Å². The lowest BCUT2D eigenvalue weighted by atomic mass is 9.74. The molecule has 0 amide bonds. The van der Waals surface area contributed by atoms with Gasteiger partial charge in [0.2, 0.25) is 0 Å². The molecule has 1 aliphatic rings. The third-order valence-electron chi connectivity index (χ3n) is 3.54. The second kappa shape index (κ2) is 3.63. The van der Waals surface area contributed by atoms with Crippen molar-refractivity contribution >= 4 is 0 Å². The summed E-state index contributed by atoms with van der Waals surface area (Å²) in [6.07, 6.45) is 6.61. The van der Waals surface area contributed by atoms with E-state index in [2.05, 4.69) is 23.4 Å². The van der Waals surface area contributed by atoms with E-state index in [4.69, 9.17) is 0 Å². The zero-order valence-electron chi connectivity index (χ0n) is 9.77. The van der Waals surface area contributed by atoms with E-state index < -0.39 is 0 Å². The van der Waals surface area contributed by atoms with Gasteiger partial charge in [0.05, 0.1) is 12.1 Å². The molecule has 1 aromatic heterocycles. The molecule has 1 fully saturated rings. The Balaban J connectivity index is 2.24. The van der Waals surface area contributed by atoms with E-state index in [-0.39, 0.29) is 12.1 Å². The van der Waals surface area contributed by atoms with E-state index in [9.17, 15) is 5.11 Å². The summed E-state index contributed by atoms with van der Waals surface area (Å²) in [4.78, 5) is 4.23. The molecule has 1 aromatic rings. The summed E-state index contributed by atoms with van der Waals surface area (Å²) in [5, 5.41) is 10.0. The molecule has 3 heteroatoms. The lowest BCUT2D eigenvalue weighted by Gasteiger charge is -2.39. The average Bonchev–Trinajstić information content (AvgIpc) is 2.56. The van der Waals surface area contributed by atoms with Gasteiger partial charge in [0, 0.05) is 12.4 Å². The van der Waals surface area contributed by atoms with Crippen LogP contribution in [-0.4, -0.2) is 20.8 Å². The van der Waals surface area contributed by atoms with Gasteiger partial charge in [0.1, 0.15) is 5.82 Å². The first-order valence-corrected chi connectivity index (χ1v) is 5.67. The lowest BCUT2D eigenvalue weighted by Crippen LogP contribution is -2.35. The molecule has 0 radical (unpaired) electrons. The Bertz CT molecular complexity index is 343. The van der Waals surface area contributed by atoms with Crippen molar-refractivity contribution in [3.8, 4) is 0 Å². The molecule has 2 rings (SSSR count). The smallest absolute Gasteiger partial charge is 0.105 e. The Kier molecular flexibility index (Phi) is 2.59. The molecule has 2 atom stereocenters. The Morgan fingerprint density at radius 1 is 1.53 bits per heavy atom. The number of aromatic nitrogens is 2. The van der Waals surface area contributed by atoms with Crippen LogP contribution in [0.4, 0.5) is 0 Å². The maximum Gasteiger partial charge on any atom is 0.105 e. The number of hydrogen-bond donors (Lipinski definition) is 1. The van der Waals surface area contributed by atoms with Crippen LogP contribution in [0.15, 0.2) is 12.4 Å². The molecule has 15 heavy (non-hydrogen) atoms. The van der Waals surface area contributed by atoms with Crippen molar-refractivity contribution in [2.75, 3.05) is 0 Å². The van der Waals surface area contributed by atoms with Crippen LogP contribution in [0.1, 0.15) is 45.0 Å². The van der Waals surface area contributed by atoms with Crippen LogP contribution in [0.5, 0.6) is 0 Å². The predicted octanol–water partition coefficient (Wildman–Crippen LogP) is 2.30. The minimum Gasteiger partial charge on any atom is -0.391 e. The quantitative estimate of drug-likeness (QED) is 0.769. The summed E-state index contributed by atoms with van der Waals surface area (Å²) in [6, 6.07) is 0.205. The van der Waals surface area contributed by atoms with Crippen LogP contribution in [0.3, 0.4) is 0 Å². The highest BCUT2D eigenvalue weighted by molar-refractivity contribution is 4.97. The van der Waals surface area contributed by atoms with Gasteiger partial charge in [-0.25, -0.2) is 4.98 Å². The van der Waals surface area contributed by atoms with Crippen molar-refractivity contribution in [2.24, 2.45) is 5.41 Å². The molecule has 1 aliphatic carbocycles. The van der Waals surface area contributed by atoms with Crippen LogP contribution in [0, 0.1) is 12.3 Å². The maximum absolute atomic E-state index is 10.0. The van der Waals surface area contributed by atoms with Crippen LogP contribution < -0.4 is 0 Å². The third-order valence-corrected chi connectivity index (χ3v) is 3.54. The molecular weight excluding hydrogens is 188 g/mol. The maximum atomic E-state index is 10.0. The molecule has 0 aromatic carbocycles. The molecule has 84 valence electrons. The number of hydrogen-bond acceptors (Lipinski definition) is 2.